The summed E-state index contributed by atoms with van der Waals surface area (Å²) in [7, 11) is 0. The van der Waals surface area contributed by atoms with E-state index in [1.165, 1.54) is 12.3 Å². The lowest BCUT2D eigenvalue weighted by Crippen LogP contribution is -2.14. The Hall–Kier alpha value is -2.30. The molecule has 0 aliphatic heterocycles. The van der Waals surface area contributed by atoms with Crippen molar-refractivity contribution in [3.63, 3.8) is 0 Å². The maximum Gasteiger partial charge on any atom is 0.227 e. The Morgan fingerprint density at radius 2 is 2.05 bits per heavy atom. The van der Waals surface area contributed by atoms with E-state index in [9.17, 15) is 9.18 Å². The minimum atomic E-state index is -0.361. The molecular formula is C14H12FN3O. The maximum absolute atomic E-state index is 13.5. The summed E-state index contributed by atoms with van der Waals surface area (Å²) in [6, 6.07) is 6.33. The van der Waals surface area contributed by atoms with Crippen LogP contribution in [0, 0.1) is 5.82 Å². The van der Waals surface area contributed by atoms with Crippen molar-refractivity contribution in [3.05, 3.63) is 47.5 Å². The van der Waals surface area contributed by atoms with E-state index in [2.05, 4.69) is 15.3 Å². The van der Waals surface area contributed by atoms with Gasteiger partial charge in [-0.2, -0.15) is 0 Å². The van der Waals surface area contributed by atoms with E-state index in [4.69, 9.17) is 0 Å². The highest BCUT2D eigenvalue weighted by atomic mass is 19.1. The standard InChI is InChI=1S/C14H12FN3O/c15-10-4-1-2-5-12(10)18-14-16-8-9-11(17-14)6-3-7-13(9)19/h1-2,4-5,8H,3,6-7H2,(H,16,17,18). The largest absolute Gasteiger partial charge is 0.322 e. The molecule has 0 bridgehead atoms. The van der Waals surface area contributed by atoms with Crippen LogP contribution >= 0.6 is 0 Å². The Kier molecular flexibility index (Phi) is 2.95. The van der Waals surface area contributed by atoms with Crippen molar-refractivity contribution in [2.45, 2.75) is 19.3 Å². The predicted molar refractivity (Wildman–Crippen MR) is 69.0 cm³/mol. The highest BCUT2D eigenvalue weighted by molar-refractivity contribution is 5.97. The normalized spacial score (nSPS) is 14.1. The molecule has 0 atom stereocenters. The fourth-order valence-corrected chi connectivity index (χ4v) is 2.13. The number of hydrogen-bond donors (Lipinski definition) is 1. The third kappa shape index (κ3) is 2.31. The Labute approximate surface area is 109 Å². The van der Waals surface area contributed by atoms with Crippen molar-refractivity contribution in [1.82, 2.24) is 9.97 Å². The number of carbonyl (C=O) groups excluding carboxylic acids is 1. The SMILES string of the molecule is O=C1CCCc2nc(Nc3ccccc3F)ncc21. The number of benzene rings is 1. The fraction of sp³-hybridized carbons (Fsp3) is 0.214. The van der Waals surface area contributed by atoms with Gasteiger partial charge in [0, 0.05) is 12.6 Å². The number of hydrogen-bond acceptors (Lipinski definition) is 4. The van der Waals surface area contributed by atoms with Gasteiger partial charge >= 0.3 is 0 Å². The van der Waals surface area contributed by atoms with Crippen LogP contribution in [0.5, 0.6) is 0 Å². The summed E-state index contributed by atoms with van der Waals surface area (Å²) in [5.74, 6) is 0.0390. The minimum Gasteiger partial charge on any atom is -0.322 e. The second kappa shape index (κ2) is 4.76. The van der Waals surface area contributed by atoms with E-state index in [1.807, 2.05) is 0 Å². The molecule has 2 aromatic rings. The molecule has 1 aliphatic carbocycles. The summed E-state index contributed by atoms with van der Waals surface area (Å²) in [5, 5.41) is 2.83. The Morgan fingerprint density at radius 3 is 2.89 bits per heavy atom. The van der Waals surface area contributed by atoms with Crippen molar-refractivity contribution in [3.8, 4) is 0 Å². The van der Waals surface area contributed by atoms with Crippen molar-refractivity contribution < 1.29 is 9.18 Å². The van der Waals surface area contributed by atoms with E-state index < -0.39 is 0 Å². The van der Waals surface area contributed by atoms with Crippen molar-refractivity contribution in [2.75, 3.05) is 5.32 Å². The van der Waals surface area contributed by atoms with Gasteiger partial charge < -0.3 is 5.32 Å². The zero-order valence-corrected chi connectivity index (χ0v) is 10.2. The van der Waals surface area contributed by atoms with E-state index in [0.29, 0.717) is 23.6 Å². The molecule has 0 saturated carbocycles. The lowest BCUT2D eigenvalue weighted by molar-refractivity contribution is 0.0971. The van der Waals surface area contributed by atoms with Crippen LogP contribution in [0.4, 0.5) is 16.0 Å². The van der Waals surface area contributed by atoms with Crippen molar-refractivity contribution in [2.24, 2.45) is 0 Å². The van der Waals surface area contributed by atoms with Crippen LogP contribution in [0.1, 0.15) is 28.9 Å². The topological polar surface area (TPSA) is 54.9 Å². The number of Topliss-reactive ketones (excluding diaryl/α,β-unsaturated/α-hetero) is 1. The lowest BCUT2D eigenvalue weighted by atomic mass is 9.96. The number of nitrogens with one attached hydrogen (secondary N) is 1. The zero-order chi connectivity index (χ0) is 13.2. The van der Waals surface area contributed by atoms with Crippen LogP contribution in [0.15, 0.2) is 30.5 Å². The molecule has 0 amide bonds. The van der Waals surface area contributed by atoms with Crippen LogP contribution in [-0.4, -0.2) is 15.8 Å². The number of aromatic nitrogens is 2. The zero-order valence-electron chi connectivity index (χ0n) is 10.2. The number of aryl methyl sites for hydroxylation is 1. The first-order chi connectivity index (χ1) is 9.24. The first kappa shape index (κ1) is 11.8. The second-order valence-electron chi connectivity index (χ2n) is 4.44. The molecule has 96 valence electrons. The minimum absolute atomic E-state index is 0.0821. The first-order valence-electron chi connectivity index (χ1n) is 6.15. The molecule has 4 nitrogen and oxygen atoms in total. The maximum atomic E-state index is 13.5. The molecule has 0 radical (unpaired) electrons. The molecule has 1 aromatic carbocycles. The van der Waals surface area contributed by atoms with Gasteiger partial charge in [-0.05, 0) is 25.0 Å². The second-order valence-corrected chi connectivity index (χ2v) is 4.44. The molecule has 0 spiro atoms. The average Bonchev–Trinajstić information content (AvgIpc) is 2.42. The number of halogens is 1. The molecule has 1 N–H and O–H groups in total. The monoisotopic (exact) mass is 257 g/mol. The smallest absolute Gasteiger partial charge is 0.227 e. The van der Waals surface area contributed by atoms with Gasteiger partial charge in [-0.3, -0.25) is 4.79 Å². The van der Waals surface area contributed by atoms with Gasteiger partial charge in [0.05, 0.1) is 16.9 Å². The van der Waals surface area contributed by atoms with Crippen molar-refractivity contribution in [1.29, 1.82) is 0 Å². The van der Waals surface area contributed by atoms with E-state index in [1.54, 1.807) is 18.2 Å². The number of fused-ring (bicyclic) bond motifs is 1. The third-order valence-corrected chi connectivity index (χ3v) is 3.11. The van der Waals surface area contributed by atoms with Crippen LogP contribution in [0.25, 0.3) is 0 Å². The quantitative estimate of drug-likeness (QED) is 0.898. The molecule has 1 heterocycles. The van der Waals surface area contributed by atoms with Crippen LogP contribution in [-0.2, 0) is 6.42 Å². The molecule has 19 heavy (non-hydrogen) atoms. The van der Waals surface area contributed by atoms with Crippen molar-refractivity contribution >= 4 is 17.4 Å². The van der Waals surface area contributed by atoms with Crippen LogP contribution < -0.4 is 5.32 Å². The van der Waals surface area contributed by atoms with Crippen LogP contribution in [0.2, 0.25) is 0 Å². The molecular weight excluding hydrogens is 245 g/mol. The molecule has 0 unspecified atom stereocenters. The molecule has 1 aromatic heterocycles. The van der Waals surface area contributed by atoms with Gasteiger partial charge in [0.2, 0.25) is 5.95 Å². The summed E-state index contributed by atoms with van der Waals surface area (Å²) in [6.45, 7) is 0. The lowest BCUT2D eigenvalue weighted by Gasteiger charge is -2.14. The Balaban J connectivity index is 1.91. The number of carbonyl (C=O) groups is 1. The Morgan fingerprint density at radius 1 is 1.21 bits per heavy atom. The summed E-state index contributed by atoms with van der Waals surface area (Å²) in [6.07, 6.45) is 3.64. The van der Waals surface area contributed by atoms with Gasteiger partial charge in [-0.25, -0.2) is 14.4 Å². The summed E-state index contributed by atoms with van der Waals surface area (Å²) in [4.78, 5) is 20.0. The number of anilines is 2. The predicted octanol–water partition coefficient (Wildman–Crippen LogP) is 2.88. The van der Waals surface area contributed by atoms with E-state index >= 15 is 0 Å². The van der Waals surface area contributed by atoms with Gasteiger partial charge in [0.1, 0.15) is 5.82 Å². The highest BCUT2D eigenvalue weighted by Gasteiger charge is 2.19. The third-order valence-electron chi connectivity index (χ3n) is 3.11. The molecule has 1 aliphatic rings. The Bertz CT molecular complexity index is 642. The van der Waals surface area contributed by atoms with Gasteiger partial charge in [0.15, 0.2) is 5.78 Å². The number of ketones is 1. The van der Waals surface area contributed by atoms with Gasteiger partial charge in [-0.15, -0.1) is 0 Å². The molecule has 0 fully saturated rings. The summed E-state index contributed by atoms with van der Waals surface area (Å²) < 4.78 is 13.5. The number of rotatable bonds is 2. The van der Waals surface area contributed by atoms with E-state index in [-0.39, 0.29) is 11.6 Å². The molecule has 3 rings (SSSR count). The summed E-state index contributed by atoms with van der Waals surface area (Å²) >= 11 is 0. The molecule has 5 heteroatoms. The highest BCUT2D eigenvalue weighted by Crippen LogP contribution is 2.22. The summed E-state index contributed by atoms with van der Waals surface area (Å²) in [5.41, 5.74) is 1.65. The fourth-order valence-electron chi connectivity index (χ4n) is 2.13. The molecule has 0 saturated heterocycles. The average molecular weight is 257 g/mol. The van der Waals surface area contributed by atoms with Crippen LogP contribution in [0.3, 0.4) is 0 Å². The number of nitrogens with zero attached hydrogens (tertiary/aromatic N) is 2. The van der Waals surface area contributed by atoms with Gasteiger partial charge in [-0.1, -0.05) is 12.1 Å². The van der Waals surface area contributed by atoms with E-state index in [0.717, 1.165) is 18.5 Å². The first-order valence-corrected chi connectivity index (χ1v) is 6.15. The van der Waals surface area contributed by atoms with Gasteiger partial charge in [0.25, 0.3) is 0 Å². The number of para-hydroxylation sites is 1.